The molecule has 0 radical (unpaired) electrons. The number of anilines is 2. The Balaban J connectivity index is 1.21. The van der Waals surface area contributed by atoms with Gasteiger partial charge in [-0.3, -0.25) is 13.9 Å². The molecule has 8 nitrogen and oxygen atoms in total. The van der Waals surface area contributed by atoms with E-state index >= 15 is 0 Å². The number of hydrogen-bond donors (Lipinski definition) is 2. The van der Waals surface area contributed by atoms with Crippen molar-refractivity contribution < 1.29 is 22.7 Å². The van der Waals surface area contributed by atoms with Gasteiger partial charge in [0.1, 0.15) is 0 Å². The maximum Gasteiger partial charge on any atom is 0.306 e. The second-order valence-electron chi connectivity index (χ2n) is 8.44. The monoisotopic (exact) mass is 537 g/mol. The van der Waals surface area contributed by atoms with E-state index in [1.165, 1.54) is 16.4 Å². The van der Waals surface area contributed by atoms with E-state index in [1.54, 1.807) is 18.2 Å². The predicted molar refractivity (Wildman–Crippen MR) is 146 cm³/mol. The van der Waals surface area contributed by atoms with Crippen LogP contribution in [0.3, 0.4) is 0 Å². The van der Waals surface area contributed by atoms with Crippen molar-refractivity contribution in [3.8, 4) is 0 Å². The van der Waals surface area contributed by atoms with E-state index in [-0.39, 0.29) is 29.5 Å². The van der Waals surface area contributed by atoms with E-state index < -0.39 is 21.9 Å². The summed E-state index contributed by atoms with van der Waals surface area (Å²) in [5.74, 6) is -0.883. The van der Waals surface area contributed by atoms with E-state index in [9.17, 15) is 18.0 Å². The first kappa shape index (κ1) is 26.3. The molecular weight excluding hydrogens is 510 g/mol. The number of rotatable bonds is 9. The maximum atomic E-state index is 13.1. The number of fused-ring (bicyclic) bond motifs is 1. The molecule has 0 fully saturated rings. The summed E-state index contributed by atoms with van der Waals surface area (Å²) in [6.07, 6.45) is 1.16. The van der Waals surface area contributed by atoms with Crippen LogP contribution >= 0.6 is 12.2 Å². The molecule has 10 heteroatoms. The topological polar surface area (TPSA) is 105 Å². The molecule has 1 aliphatic heterocycles. The summed E-state index contributed by atoms with van der Waals surface area (Å²) >= 11 is 5.17. The van der Waals surface area contributed by atoms with Crippen LogP contribution in [0.2, 0.25) is 0 Å². The van der Waals surface area contributed by atoms with Crippen molar-refractivity contribution in [2.24, 2.45) is 0 Å². The average Bonchev–Trinajstić information content (AvgIpc) is 3.34. The van der Waals surface area contributed by atoms with Crippen LogP contribution in [-0.4, -0.2) is 38.6 Å². The molecule has 0 aromatic heterocycles. The summed E-state index contributed by atoms with van der Waals surface area (Å²) in [6.45, 7) is 0.652. The molecule has 2 N–H and O–H groups in total. The highest BCUT2D eigenvalue weighted by Gasteiger charge is 2.30. The van der Waals surface area contributed by atoms with Gasteiger partial charge in [0, 0.05) is 25.1 Å². The van der Waals surface area contributed by atoms with E-state index in [4.69, 9.17) is 17.0 Å². The molecule has 1 aliphatic rings. The number of nitrogens with zero attached hydrogens (tertiary/aromatic N) is 1. The van der Waals surface area contributed by atoms with Gasteiger partial charge in [0.05, 0.1) is 23.6 Å². The van der Waals surface area contributed by atoms with Crippen LogP contribution in [0, 0.1) is 0 Å². The first-order chi connectivity index (χ1) is 17.8. The van der Waals surface area contributed by atoms with Crippen LogP contribution < -0.4 is 14.9 Å². The SMILES string of the molecule is O=C(CCC(=O)OCCc1ccccc1)NC(=S)Nc1ccc(S(=O)(=O)N2CCc3ccccc32)cc1. The number of hydrogen-bond acceptors (Lipinski definition) is 6. The molecule has 3 aromatic carbocycles. The lowest BCUT2D eigenvalue weighted by Crippen LogP contribution is -2.34. The number of amides is 1. The van der Waals surface area contributed by atoms with Crippen LogP contribution in [0.5, 0.6) is 0 Å². The Hall–Kier alpha value is -3.76. The van der Waals surface area contributed by atoms with Crippen molar-refractivity contribution in [2.75, 3.05) is 22.8 Å². The molecule has 0 saturated heterocycles. The van der Waals surface area contributed by atoms with Crippen LogP contribution in [-0.2, 0) is 37.2 Å². The molecule has 0 atom stereocenters. The Morgan fingerprint density at radius 2 is 1.62 bits per heavy atom. The normalized spacial score (nSPS) is 12.5. The third-order valence-corrected chi connectivity index (χ3v) is 7.88. The highest BCUT2D eigenvalue weighted by molar-refractivity contribution is 7.92. The summed E-state index contributed by atoms with van der Waals surface area (Å²) in [7, 11) is -3.70. The fourth-order valence-corrected chi connectivity index (χ4v) is 5.70. The summed E-state index contributed by atoms with van der Waals surface area (Å²) < 4.78 is 32.8. The van der Waals surface area contributed by atoms with Crippen molar-refractivity contribution in [3.63, 3.8) is 0 Å². The number of ether oxygens (including phenoxy) is 1. The van der Waals surface area contributed by atoms with Gasteiger partial charge in [-0.25, -0.2) is 8.42 Å². The highest BCUT2D eigenvalue weighted by atomic mass is 32.2. The maximum absolute atomic E-state index is 13.1. The zero-order valence-corrected chi connectivity index (χ0v) is 21.7. The number of esters is 1. The minimum atomic E-state index is -3.70. The van der Waals surface area contributed by atoms with Gasteiger partial charge < -0.3 is 15.4 Å². The first-order valence-corrected chi connectivity index (χ1v) is 13.7. The molecule has 3 aromatic rings. The summed E-state index contributed by atoms with van der Waals surface area (Å²) in [5.41, 5.74) is 3.29. The zero-order valence-electron chi connectivity index (χ0n) is 20.1. The van der Waals surface area contributed by atoms with Crippen molar-refractivity contribution in [1.29, 1.82) is 0 Å². The molecule has 4 rings (SSSR count). The van der Waals surface area contributed by atoms with E-state index in [0.717, 1.165) is 11.1 Å². The fraction of sp³-hybridized carbons (Fsp3) is 0.222. The molecule has 192 valence electrons. The van der Waals surface area contributed by atoms with Gasteiger partial charge in [-0.2, -0.15) is 0 Å². The second-order valence-corrected chi connectivity index (χ2v) is 10.7. The number of thiocarbonyl (C=S) groups is 1. The number of carbonyl (C=O) groups excluding carboxylic acids is 2. The van der Waals surface area contributed by atoms with Gasteiger partial charge in [0.15, 0.2) is 5.11 Å². The molecule has 1 amide bonds. The van der Waals surface area contributed by atoms with Gasteiger partial charge in [-0.1, -0.05) is 48.5 Å². The number of para-hydroxylation sites is 1. The van der Waals surface area contributed by atoms with Crippen molar-refractivity contribution in [1.82, 2.24) is 5.32 Å². The minimum absolute atomic E-state index is 0.0477. The fourth-order valence-electron chi connectivity index (χ4n) is 3.96. The Morgan fingerprint density at radius 3 is 2.38 bits per heavy atom. The first-order valence-electron chi connectivity index (χ1n) is 11.8. The molecule has 0 spiro atoms. The van der Waals surface area contributed by atoms with E-state index in [0.29, 0.717) is 30.8 Å². The van der Waals surface area contributed by atoms with Gasteiger partial charge in [-0.15, -0.1) is 0 Å². The van der Waals surface area contributed by atoms with Crippen LogP contribution in [0.15, 0.2) is 83.8 Å². The van der Waals surface area contributed by atoms with Gasteiger partial charge in [0.25, 0.3) is 10.0 Å². The number of sulfonamides is 1. The molecule has 37 heavy (non-hydrogen) atoms. The Labute approximate surface area is 221 Å². The van der Waals surface area contributed by atoms with Gasteiger partial charge in [0.2, 0.25) is 5.91 Å². The van der Waals surface area contributed by atoms with Crippen molar-refractivity contribution in [3.05, 3.63) is 90.0 Å². The van der Waals surface area contributed by atoms with E-state index in [1.807, 2.05) is 48.5 Å². The zero-order chi connectivity index (χ0) is 26.3. The molecule has 0 bridgehead atoms. The average molecular weight is 538 g/mol. The standard InChI is InChI=1S/C27H27N3O5S2/c31-25(14-15-26(32)35-19-17-20-6-2-1-3-7-20)29-27(36)28-22-10-12-23(13-11-22)37(33,34)30-18-16-21-8-4-5-9-24(21)30/h1-13H,14-19H2,(H2,28,29,31,36). The predicted octanol–water partition coefficient (Wildman–Crippen LogP) is 3.82. The summed E-state index contributed by atoms with van der Waals surface area (Å²) in [6, 6.07) is 23.3. The molecule has 1 heterocycles. The summed E-state index contributed by atoms with van der Waals surface area (Å²) in [4.78, 5) is 24.2. The number of carbonyl (C=O) groups is 2. The number of nitrogens with one attached hydrogen (secondary N) is 2. The van der Waals surface area contributed by atoms with Crippen molar-refractivity contribution >= 4 is 50.6 Å². The third-order valence-electron chi connectivity index (χ3n) is 5.85. The molecule has 0 saturated carbocycles. The smallest absolute Gasteiger partial charge is 0.306 e. The molecular formula is C27H27N3O5S2. The van der Waals surface area contributed by atoms with Crippen LogP contribution in [0.25, 0.3) is 0 Å². The van der Waals surface area contributed by atoms with Crippen LogP contribution in [0.4, 0.5) is 11.4 Å². The Morgan fingerprint density at radius 1 is 0.919 bits per heavy atom. The minimum Gasteiger partial charge on any atom is -0.465 e. The van der Waals surface area contributed by atoms with Gasteiger partial charge in [-0.05, 0) is 60.1 Å². The lowest BCUT2D eigenvalue weighted by atomic mass is 10.2. The molecule has 0 aliphatic carbocycles. The van der Waals surface area contributed by atoms with Gasteiger partial charge >= 0.3 is 5.97 Å². The van der Waals surface area contributed by atoms with Crippen molar-refractivity contribution in [2.45, 2.75) is 30.6 Å². The quantitative estimate of drug-likeness (QED) is 0.316. The highest BCUT2D eigenvalue weighted by Crippen LogP contribution is 2.32. The Kier molecular flexibility index (Phi) is 8.52. The Bertz CT molecular complexity index is 1380. The lowest BCUT2D eigenvalue weighted by molar-refractivity contribution is -0.144. The van der Waals surface area contributed by atoms with Crippen LogP contribution in [0.1, 0.15) is 24.0 Å². The largest absolute Gasteiger partial charge is 0.465 e. The van der Waals surface area contributed by atoms with E-state index in [2.05, 4.69) is 10.6 Å². The summed E-state index contributed by atoms with van der Waals surface area (Å²) in [5, 5.41) is 5.41. The lowest BCUT2D eigenvalue weighted by Gasteiger charge is -2.19. The third kappa shape index (κ3) is 6.93. The molecule has 0 unspecified atom stereocenters. The number of benzene rings is 3. The second kappa shape index (κ2) is 12.0.